The highest BCUT2D eigenvalue weighted by molar-refractivity contribution is 7.18. The van der Waals surface area contributed by atoms with E-state index in [4.69, 9.17) is 0 Å². The first-order valence-electron chi connectivity index (χ1n) is 10.2. The monoisotopic (exact) mass is 464 g/mol. The summed E-state index contributed by atoms with van der Waals surface area (Å²) in [4.78, 5) is 21.6. The van der Waals surface area contributed by atoms with Gasteiger partial charge in [-0.25, -0.2) is 19.9 Å². The highest BCUT2D eigenvalue weighted by Crippen LogP contribution is 2.29. The topological polar surface area (TPSA) is 84.4 Å². The van der Waals surface area contributed by atoms with Gasteiger partial charge in [-0.05, 0) is 44.7 Å². The van der Waals surface area contributed by atoms with Gasteiger partial charge in [0.05, 0.1) is 0 Å². The fraction of sp³-hybridized carbons (Fsp3) is 0.273. The Morgan fingerprint density at radius 2 is 1.41 bits per heavy atom. The van der Waals surface area contributed by atoms with E-state index in [1.54, 1.807) is 22.7 Å². The van der Waals surface area contributed by atoms with Crippen LogP contribution in [0.25, 0.3) is 32.0 Å². The number of hydrogen-bond donors (Lipinski definition) is 2. The lowest BCUT2D eigenvalue weighted by molar-refractivity contribution is 1.15. The fourth-order valence-electron chi connectivity index (χ4n) is 3.84. The van der Waals surface area contributed by atoms with Crippen LogP contribution in [0.5, 0.6) is 0 Å². The summed E-state index contributed by atoms with van der Waals surface area (Å²) in [5.74, 6) is 1.67. The minimum absolute atomic E-state index is 0.832. The minimum Gasteiger partial charge on any atom is -0.370 e. The van der Waals surface area contributed by atoms with Crippen LogP contribution in [0.4, 0.5) is 11.6 Å². The van der Waals surface area contributed by atoms with Crippen molar-refractivity contribution in [1.82, 2.24) is 28.7 Å². The number of hydrogen-bond acceptors (Lipinski definition) is 8. The van der Waals surface area contributed by atoms with Gasteiger partial charge >= 0.3 is 0 Å². The predicted octanol–water partition coefficient (Wildman–Crippen LogP) is 5.21. The van der Waals surface area contributed by atoms with Crippen LogP contribution in [0.3, 0.4) is 0 Å². The van der Waals surface area contributed by atoms with Gasteiger partial charge in [0.2, 0.25) is 0 Å². The minimum atomic E-state index is 0.832. The van der Waals surface area contributed by atoms with Crippen LogP contribution >= 0.6 is 22.7 Å². The van der Waals surface area contributed by atoms with Crippen LogP contribution in [-0.2, 0) is 0 Å². The van der Waals surface area contributed by atoms with Crippen molar-refractivity contribution < 1.29 is 0 Å². The van der Waals surface area contributed by atoms with Gasteiger partial charge in [0.15, 0.2) is 22.9 Å². The summed E-state index contributed by atoms with van der Waals surface area (Å²) in [6, 6.07) is 2.11. The Labute approximate surface area is 193 Å². The SMILES string of the molecule is CNc1nc2c(C)csc2n2c(C)cnc12.CNc1nc2cc(C)sc2n2c(C)cnc12. The smallest absolute Gasteiger partial charge is 0.181 e. The third kappa shape index (κ3) is 3.09. The highest BCUT2D eigenvalue weighted by Gasteiger charge is 2.14. The van der Waals surface area contributed by atoms with Crippen LogP contribution in [0.1, 0.15) is 21.8 Å². The molecule has 10 heteroatoms. The van der Waals surface area contributed by atoms with Crippen molar-refractivity contribution in [2.24, 2.45) is 0 Å². The maximum Gasteiger partial charge on any atom is 0.181 e. The Morgan fingerprint density at radius 1 is 0.812 bits per heavy atom. The molecule has 0 aliphatic heterocycles. The summed E-state index contributed by atoms with van der Waals surface area (Å²) in [6.45, 7) is 8.31. The zero-order valence-corrected chi connectivity index (χ0v) is 20.4. The van der Waals surface area contributed by atoms with Crippen LogP contribution in [-0.4, -0.2) is 42.8 Å². The van der Waals surface area contributed by atoms with Gasteiger partial charge in [-0.3, -0.25) is 8.80 Å². The number of rotatable bonds is 2. The molecule has 8 nitrogen and oxygen atoms in total. The first kappa shape index (κ1) is 20.7. The van der Waals surface area contributed by atoms with Crippen molar-refractivity contribution in [3.8, 4) is 0 Å². The second-order valence-corrected chi connectivity index (χ2v) is 9.75. The second kappa shape index (κ2) is 7.72. The van der Waals surface area contributed by atoms with E-state index in [2.05, 4.69) is 78.5 Å². The molecule has 0 spiro atoms. The van der Waals surface area contributed by atoms with Gasteiger partial charge in [0, 0.05) is 42.8 Å². The molecule has 6 rings (SSSR count). The molecule has 0 aliphatic rings. The Balaban J connectivity index is 0.000000135. The van der Waals surface area contributed by atoms with Crippen LogP contribution < -0.4 is 10.6 Å². The van der Waals surface area contributed by atoms with E-state index in [9.17, 15) is 0 Å². The van der Waals surface area contributed by atoms with Gasteiger partial charge in [0.1, 0.15) is 20.7 Å². The molecule has 0 aliphatic carbocycles. The average Bonchev–Trinajstić information content (AvgIpc) is 3.54. The number of aromatic nitrogens is 6. The highest BCUT2D eigenvalue weighted by atomic mass is 32.1. The van der Waals surface area contributed by atoms with E-state index in [1.165, 1.54) is 20.1 Å². The second-order valence-electron chi connectivity index (χ2n) is 7.66. The predicted molar refractivity (Wildman–Crippen MR) is 135 cm³/mol. The Hall–Kier alpha value is -3.24. The van der Waals surface area contributed by atoms with Gasteiger partial charge in [-0.2, -0.15) is 0 Å². The van der Waals surface area contributed by atoms with Crippen LogP contribution in [0, 0.1) is 27.7 Å². The molecule has 0 atom stereocenters. The number of anilines is 2. The zero-order chi connectivity index (χ0) is 22.6. The van der Waals surface area contributed by atoms with Crippen molar-refractivity contribution in [3.63, 3.8) is 0 Å². The summed E-state index contributed by atoms with van der Waals surface area (Å²) in [7, 11) is 3.75. The molecule has 32 heavy (non-hydrogen) atoms. The van der Waals surface area contributed by atoms with E-state index < -0.39 is 0 Å². The van der Waals surface area contributed by atoms with Gasteiger partial charge in [0.25, 0.3) is 0 Å². The molecule has 0 unspecified atom stereocenters. The lowest BCUT2D eigenvalue weighted by Gasteiger charge is -2.04. The summed E-state index contributed by atoms with van der Waals surface area (Å²) >= 11 is 3.47. The molecule has 0 saturated carbocycles. The molecule has 0 amide bonds. The number of nitrogens with zero attached hydrogens (tertiary/aromatic N) is 6. The van der Waals surface area contributed by atoms with Crippen molar-refractivity contribution in [2.75, 3.05) is 24.7 Å². The lowest BCUT2D eigenvalue weighted by Crippen LogP contribution is -1.99. The first-order chi connectivity index (χ1) is 15.4. The third-order valence-corrected chi connectivity index (χ3v) is 7.47. The van der Waals surface area contributed by atoms with Crippen LogP contribution in [0.15, 0.2) is 23.8 Å². The standard InChI is InChI=1S/2C11H12N4S/c1-6-5-16-11-8(6)14-9(12-3)10-13-4-7(2)15(10)11;1-6-5-13-10-9(12-3)14-8-4-7(2)16-11(8)15(6)10/h2*4-5H,1-3H3,(H,12,14). The summed E-state index contributed by atoms with van der Waals surface area (Å²) in [5, 5.41) is 8.33. The molecule has 6 aromatic heterocycles. The molecular weight excluding hydrogens is 440 g/mol. The quantitative estimate of drug-likeness (QED) is 0.366. The lowest BCUT2D eigenvalue weighted by atomic mass is 10.3. The van der Waals surface area contributed by atoms with Crippen LogP contribution in [0.2, 0.25) is 0 Å². The van der Waals surface area contributed by atoms with Gasteiger partial charge in [-0.15, -0.1) is 22.7 Å². The number of fused-ring (bicyclic) bond motifs is 6. The van der Waals surface area contributed by atoms with Crippen molar-refractivity contribution >= 4 is 66.3 Å². The molecule has 0 radical (unpaired) electrons. The maximum atomic E-state index is 4.61. The Kier molecular flexibility index (Phi) is 4.98. The number of aryl methyl sites for hydroxylation is 4. The molecule has 2 N–H and O–H groups in total. The largest absolute Gasteiger partial charge is 0.370 e. The average molecular weight is 465 g/mol. The van der Waals surface area contributed by atoms with Gasteiger partial charge in [-0.1, -0.05) is 0 Å². The van der Waals surface area contributed by atoms with E-state index >= 15 is 0 Å². The van der Waals surface area contributed by atoms with E-state index in [-0.39, 0.29) is 0 Å². The van der Waals surface area contributed by atoms with Gasteiger partial charge < -0.3 is 10.6 Å². The normalized spacial score (nSPS) is 11.4. The maximum absolute atomic E-state index is 4.61. The first-order valence-corrected chi connectivity index (χ1v) is 11.9. The Morgan fingerprint density at radius 3 is 2.03 bits per heavy atom. The van der Waals surface area contributed by atoms with E-state index in [1.807, 2.05) is 26.5 Å². The molecular formula is C22H24N8S2. The molecule has 0 bridgehead atoms. The zero-order valence-electron chi connectivity index (χ0n) is 18.8. The summed E-state index contributed by atoms with van der Waals surface area (Å²) in [6.07, 6.45) is 3.76. The molecule has 0 aromatic carbocycles. The van der Waals surface area contributed by atoms with E-state index in [0.29, 0.717) is 0 Å². The fourth-order valence-corrected chi connectivity index (χ4v) is 5.90. The molecule has 0 fully saturated rings. The van der Waals surface area contributed by atoms with Crippen molar-refractivity contribution in [2.45, 2.75) is 27.7 Å². The molecule has 0 saturated heterocycles. The molecule has 164 valence electrons. The van der Waals surface area contributed by atoms with Crippen molar-refractivity contribution in [1.29, 1.82) is 0 Å². The molecule has 6 heterocycles. The third-order valence-electron chi connectivity index (χ3n) is 5.38. The number of imidazole rings is 2. The van der Waals surface area contributed by atoms with E-state index in [0.717, 1.165) is 45.4 Å². The summed E-state index contributed by atoms with van der Waals surface area (Å²) in [5.41, 5.74) is 7.38. The number of thiophene rings is 2. The van der Waals surface area contributed by atoms with Crippen molar-refractivity contribution in [3.05, 3.63) is 45.7 Å². The Bertz CT molecular complexity index is 1560. The number of nitrogens with one attached hydrogen (secondary N) is 2. The summed E-state index contributed by atoms with van der Waals surface area (Å²) < 4.78 is 4.32. The molecule has 6 aromatic rings.